The van der Waals surface area contributed by atoms with Crippen LogP contribution in [0.4, 0.5) is 5.82 Å². The van der Waals surface area contributed by atoms with Crippen molar-refractivity contribution in [3.05, 3.63) is 43.0 Å². The van der Waals surface area contributed by atoms with E-state index in [1.54, 1.807) is 29.3 Å². The van der Waals surface area contributed by atoms with Crippen LogP contribution in [0.2, 0.25) is 0 Å². The van der Waals surface area contributed by atoms with Gasteiger partial charge in [-0.25, -0.2) is 4.98 Å². The number of rotatable bonds is 4. The lowest BCUT2D eigenvalue weighted by molar-refractivity contribution is 0.170. The Balaban J connectivity index is 1.50. The third-order valence-corrected chi connectivity index (χ3v) is 5.51. The van der Waals surface area contributed by atoms with Crippen molar-refractivity contribution < 1.29 is 5.11 Å². The summed E-state index contributed by atoms with van der Waals surface area (Å²) in [6.07, 6.45) is 9.16. The molecule has 3 aromatic rings. The highest BCUT2D eigenvalue weighted by Crippen LogP contribution is 2.33. The van der Waals surface area contributed by atoms with Crippen molar-refractivity contribution in [1.82, 2.24) is 25.1 Å². The number of aromatic hydroxyl groups is 1. The average molecular weight is 407 g/mol. The maximum absolute atomic E-state index is 10.5. The van der Waals surface area contributed by atoms with Crippen molar-refractivity contribution >= 4 is 5.82 Å². The number of nitrogens with zero attached hydrogens (tertiary/aromatic N) is 4. The molecular formula is C23H30N6O. The molecule has 0 bridgehead atoms. The van der Waals surface area contributed by atoms with Gasteiger partial charge in [0.2, 0.25) is 0 Å². The number of nitrogens with one attached hydrogen (secondary N) is 2. The number of benzene rings is 1. The lowest BCUT2D eigenvalue weighted by atomic mass is 9.79. The number of phenolic OH excluding ortho intramolecular Hbond substituents is 1. The molecule has 158 valence electrons. The smallest absolute Gasteiger partial charge is 0.144 e. The third-order valence-electron chi connectivity index (χ3n) is 5.51. The predicted octanol–water partition coefficient (Wildman–Crippen LogP) is 3.97. The molecule has 1 aromatic carbocycles. The Morgan fingerprint density at radius 2 is 1.77 bits per heavy atom. The van der Waals surface area contributed by atoms with E-state index in [4.69, 9.17) is 0 Å². The quantitative estimate of drug-likeness (QED) is 0.608. The molecule has 0 spiro atoms. The van der Waals surface area contributed by atoms with Crippen molar-refractivity contribution in [1.29, 1.82) is 0 Å². The Morgan fingerprint density at radius 1 is 1.03 bits per heavy atom. The molecule has 1 saturated heterocycles. The van der Waals surface area contributed by atoms with E-state index >= 15 is 0 Å². The largest absolute Gasteiger partial charge is 0.507 e. The normalized spacial score (nSPS) is 18.3. The fraction of sp³-hybridized carbons (Fsp3) is 0.435. The van der Waals surface area contributed by atoms with Gasteiger partial charge >= 0.3 is 0 Å². The minimum atomic E-state index is 0.0641. The zero-order chi connectivity index (χ0) is 21.5. The Labute approximate surface area is 177 Å². The molecule has 1 aliphatic heterocycles. The molecule has 2 aromatic heterocycles. The first kappa shape index (κ1) is 20.3. The van der Waals surface area contributed by atoms with E-state index in [9.17, 15) is 5.11 Å². The second kappa shape index (κ2) is 7.40. The van der Waals surface area contributed by atoms with E-state index in [1.807, 2.05) is 25.4 Å². The fourth-order valence-corrected chi connectivity index (χ4v) is 4.67. The summed E-state index contributed by atoms with van der Waals surface area (Å²) in [7, 11) is 1.87. The molecule has 3 N–H and O–H groups in total. The Hall–Kier alpha value is -2.93. The molecule has 1 aliphatic rings. The molecule has 4 rings (SSSR count). The summed E-state index contributed by atoms with van der Waals surface area (Å²) < 4.78 is 1.74. The lowest BCUT2D eigenvalue weighted by Gasteiger charge is -2.46. The van der Waals surface area contributed by atoms with Crippen LogP contribution in [-0.4, -0.2) is 42.0 Å². The number of anilines is 1. The second-order valence-corrected chi connectivity index (χ2v) is 9.56. The van der Waals surface area contributed by atoms with Gasteiger partial charge in [-0.05, 0) is 58.2 Å². The molecule has 1 fully saturated rings. The standard InChI is InChI=1S/C23H30N6O/c1-22(2)9-17(10-23(3,4)28-22)27-21-13-24-19(12-25-21)18-7-6-15(8-20(18)30)16-11-26-29(5)14-16/h6-8,11-14,17,28,30H,9-10H2,1-5H3,(H,25,27). The lowest BCUT2D eigenvalue weighted by Crippen LogP contribution is -2.60. The van der Waals surface area contributed by atoms with E-state index in [0.717, 1.165) is 29.8 Å². The van der Waals surface area contributed by atoms with Crippen LogP contribution in [-0.2, 0) is 7.05 Å². The summed E-state index contributed by atoms with van der Waals surface area (Å²) in [6.45, 7) is 8.93. The number of piperidine rings is 1. The summed E-state index contributed by atoms with van der Waals surface area (Å²) in [5.74, 6) is 0.928. The molecule has 30 heavy (non-hydrogen) atoms. The van der Waals surface area contributed by atoms with Crippen LogP contribution in [0.25, 0.3) is 22.4 Å². The van der Waals surface area contributed by atoms with Gasteiger partial charge in [0.1, 0.15) is 11.6 Å². The van der Waals surface area contributed by atoms with Crippen molar-refractivity contribution in [3.63, 3.8) is 0 Å². The van der Waals surface area contributed by atoms with Crippen LogP contribution in [0.1, 0.15) is 40.5 Å². The highest BCUT2D eigenvalue weighted by molar-refractivity contribution is 5.73. The molecule has 7 nitrogen and oxygen atoms in total. The van der Waals surface area contributed by atoms with E-state index < -0.39 is 0 Å². The van der Waals surface area contributed by atoms with Gasteiger partial charge in [-0.1, -0.05) is 6.07 Å². The Morgan fingerprint density at radius 3 is 2.33 bits per heavy atom. The first-order valence-electron chi connectivity index (χ1n) is 10.3. The van der Waals surface area contributed by atoms with Gasteiger partial charge < -0.3 is 15.7 Å². The van der Waals surface area contributed by atoms with Crippen molar-refractivity contribution in [3.8, 4) is 28.1 Å². The average Bonchev–Trinajstić information content (AvgIpc) is 3.06. The fourth-order valence-electron chi connectivity index (χ4n) is 4.67. The molecule has 0 aliphatic carbocycles. The summed E-state index contributed by atoms with van der Waals surface area (Å²) in [5.41, 5.74) is 3.29. The summed E-state index contributed by atoms with van der Waals surface area (Å²) >= 11 is 0. The number of aryl methyl sites for hydroxylation is 1. The first-order valence-corrected chi connectivity index (χ1v) is 10.3. The number of aromatic nitrogens is 4. The zero-order valence-electron chi connectivity index (χ0n) is 18.3. The molecule has 0 atom stereocenters. The van der Waals surface area contributed by atoms with Gasteiger partial charge in [0.25, 0.3) is 0 Å². The van der Waals surface area contributed by atoms with Gasteiger partial charge in [0.15, 0.2) is 0 Å². The van der Waals surface area contributed by atoms with Gasteiger partial charge in [0.05, 0.1) is 24.3 Å². The van der Waals surface area contributed by atoms with Crippen molar-refractivity contribution in [2.45, 2.75) is 57.7 Å². The first-order chi connectivity index (χ1) is 14.1. The molecule has 0 radical (unpaired) electrons. The second-order valence-electron chi connectivity index (χ2n) is 9.56. The van der Waals surface area contributed by atoms with Crippen molar-refractivity contribution in [2.75, 3.05) is 5.32 Å². The van der Waals surface area contributed by atoms with Crippen LogP contribution < -0.4 is 10.6 Å². The SMILES string of the molecule is Cn1cc(-c2ccc(-c3cnc(NC4CC(C)(C)NC(C)(C)C4)cn3)c(O)c2)cn1. The molecular weight excluding hydrogens is 376 g/mol. The molecule has 0 saturated carbocycles. The molecule has 0 unspecified atom stereocenters. The summed E-state index contributed by atoms with van der Waals surface area (Å²) in [6, 6.07) is 5.88. The van der Waals surface area contributed by atoms with Gasteiger partial charge in [-0.15, -0.1) is 0 Å². The number of phenols is 1. The maximum atomic E-state index is 10.5. The van der Waals surface area contributed by atoms with Crippen LogP contribution in [0.5, 0.6) is 5.75 Å². The highest BCUT2D eigenvalue weighted by atomic mass is 16.3. The molecule has 3 heterocycles. The van der Waals surface area contributed by atoms with Gasteiger partial charge in [0, 0.05) is 41.5 Å². The predicted molar refractivity (Wildman–Crippen MR) is 119 cm³/mol. The van der Waals surface area contributed by atoms with E-state index in [2.05, 4.69) is 53.4 Å². The van der Waals surface area contributed by atoms with Crippen LogP contribution >= 0.6 is 0 Å². The maximum Gasteiger partial charge on any atom is 0.144 e. The van der Waals surface area contributed by atoms with Crippen LogP contribution in [0.15, 0.2) is 43.0 Å². The van der Waals surface area contributed by atoms with Crippen LogP contribution in [0.3, 0.4) is 0 Å². The van der Waals surface area contributed by atoms with Gasteiger partial charge in [-0.3, -0.25) is 9.67 Å². The van der Waals surface area contributed by atoms with Crippen molar-refractivity contribution in [2.24, 2.45) is 7.05 Å². The van der Waals surface area contributed by atoms with E-state index in [-0.39, 0.29) is 16.8 Å². The van der Waals surface area contributed by atoms with Crippen LogP contribution in [0, 0.1) is 0 Å². The summed E-state index contributed by atoms with van der Waals surface area (Å²) in [5, 5.41) is 21.9. The molecule has 0 amide bonds. The molecule has 7 heteroatoms. The zero-order valence-corrected chi connectivity index (χ0v) is 18.3. The van der Waals surface area contributed by atoms with E-state index in [1.165, 1.54) is 0 Å². The topological polar surface area (TPSA) is 87.9 Å². The Bertz CT molecular complexity index is 1020. The minimum absolute atomic E-state index is 0.0641. The highest BCUT2D eigenvalue weighted by Gasteiger charge is 2.37. The minimum Gasteiger partial charge on any atom is -0.507 e. The number of hydrogen-bond acceptors (Lipinski definition) is 6. The van der Waals surface area contributed by atoms with Gasteiger partial charge in [-0.2, -0.15) is 5.10 Å². The van der Waals surface area contributed by atoms with E-state index in [0.29, 0.717) is 17.3 Å². The monoisotopic (exact) mass is 406 g/mol. The third kappa shape index (κ3) is 4.46. The summed E-state index contributed by atoms with van der Waals surface area (Å²) in [4.78, 5) is 9.09. The Kier molecular flexibility index (Phi) is 5.02. The number of hydrogen-bond donors (Lipinski definition) is 3.